The van der Waals surface area contributed by atoms with Gasteiger partial charge in [-0.05, 0) is 42.3 Å². The molecule has 1 N–H and O–H groups in total. The molecule has 3 aromatic carbocycles. The summed E-state index contributed by atoms with van der Waals surface area (Å²) in [5.41, 5.74) is 1.78. The molecule has 0 heterocycles. The van der Waals surface area contributed by atoms with Crippen molar-refractivity contribution in [3.05, 3.63) is 96.1 Å². The maximum absolute atomic E-state index is 13.0. The van der Waals surface area contributed by atoms with E-state index in [1.54, 1.807) is 0 Å². The van der Waals surface area contributed by atoms with Gasteiger partial charge in [-0.1, -0.05) is 60.7 Å². The summed E-state index contributed by atoms with van der Waals surface area (Å²) in [6.07, 6.45) is 0.321. The van der Waals surface area contributed by atoms with Crippen molar-refractivity contribution in [1.82, 2.24) is 5.32 Å². The van der Waals surface area contributed by atoms with Gasteiger partial charge in [-0.3, -0.25) is 9.59 Å². The smallest absolute Gasteiger partial charge is 0.221 e. The van der Waals surface area contributed by atoms with Crippen molar-refractivity contribution in [1.29, 1.82) is 0 Å². The van der Waals surface area contributed by atoms with Crippen LogP contribution in [0.15, 0.2) is 84.9 Å². The van der Waals surface area contributed by atoms with E-state index in [1.807, 2.05) is 84.9 Å². The van der Waals surface area contributed by atoms with Crippen molar-refractivity contribution >= 4 is 17.5 Å². The zero-order valence-corrected chi connectivity index (χ0v) is 19.2. The van der Waals surface area contributed by atoms with Gasteiger partial charge < -0.3 is 19.6 Å². The number of rotatable bonds is 13. The van der Waals surface area contributed by atoms with Crippen LogP contribution in [0, 0.1) is 0 Å². The van der Waals surface area contributed by atoms with E-state index in [9.17, 15) is 14.4 Å². The van der Waals surface area contributed by atoms with Gasteiger partial charge in [0.2, 0.25) is 5.91 Å². The maximum atomic E-state index is 13.0. The highest BCUT2D eigenvalue weighted by Gasteiger charge is 2.21. The third-order valence-corrected chi connectivity index (χ3v) is 5.10. The third-order valence-electron chi connectivity index (χ3n) is 5.10. The second-order valence-corrected chi connectivity index (χ2v) is 8.02. The first-order valence-corrected chi connectivity index (χ1v) is 11.2. The van der Waals surface area contributed by atoms with Crippen molar-refractivity contribution in [2.24, 2.45) is 0 Å². The molecule has 0 aliphatic heterocycles. The minimum atomic E-state index is -0.802. The quantitative estimate of drug-likeness (QED) is 0.402. The molecule has 0 spiro atoms. The lowest BCUT2D eigenvalue weighted by Gasteiger charge is -2.18. The number of nitrogens with one attached hydrogen (secondary N) is 1. The van der Waals surface area contributed by atoms with Gasteiger partial charge in [0, 0.05) is 19.3 Å². The SMILES string of the molecule is CC(=O)CCC(=O)NC(COCc1ccccc1)C(=O)Cc1ccc(Oc2ccccc2)cc1. The van der Waals surface area contributed by atoms with Crippen LogP contribution >= 0.6 is 0 Å². The van der Waals surface area contributed by atoms with Gasteiger partial charge in [0.1, 0.15) is 23.3 Å². The number of para-hydroxylation sites is 1. The molecule has 0 saturated heterocycles. The summed E-state index contributed by atoms with van der Waals surface area (Å²) < 4.78 is 11.5. The molecule has 176 valence electrons. The summed E-state index contributed by atoms with van der Waals surface area (Å²) in [5, 5.41) is 2.73. The zero-order chi connectivity index (χ0) is 24.2. The zero-order valence-electron chi connectivity index (χ0n) is 19.2. The lowest BCUT2D eigenvalue weighted by molar-refractivity contribution is -0.130. The number of ketones is 2. The Hall–Kier alpha value is -3.77. The van der Waals surface area contributed by atoms with E-state index >= 15 is 0 Å². The summed E-state index contributed by atoms with van der Waals surface area (Å²) in [5.74, 6) is 0.818. The molecule has 3 rings (SSSR count). The molecular formula is C28H29NO5. The molecule has 6 nitrogen and oxygen atoms in total. The predicted molar refractivity (Wildman–Crippen MR) is 130 cm³/mol. The van der Waals surface area contributed by atoms with Gasteiger partial charge in [-0.25, -0.2) is 0 Å². The summed E-state index contributed by atoms with van der Waals surface area (Å²) in [6, 6.07) is 25.5. The monoisotopic (exact) mass is 459 g/mol. The Morgan fingerprint density at radius 3 is 2.03 bits per heavy atom. The fourth-order valence-corrected chi connectivity index (χ4v) is 3.26. The Labute approximate surface area is 199 Å². The van der Waals surface area contributed by atoms with E-state index in [0.29, 0.717) is 12.4 Å². The Morgan fingerprint density at radius 2 is 1.38 bits per heavy atom. The Morgan fingerprint density at radius 1 is 0.765 bits per heavy atom. The number of hydrogen-bond acceptors (Lipinski definition) is 5. The number of hydrogen-bond donors (Lipinski definition) is 1. The molecule has 1 unspecified atom stereocenters. The fraction of sp³-hybridized carbons (Fsp3) is 0.250. The number of benzene rings is 3. The Balaban J connectivity index is 1.59. The van der Waals surface area contributed by atoms with Crippen molar-refractivity contribution in [3.63, 3.8) is 0 Å². The van der Waals surface area contributed by atoms with Crippen LogP contribution in [0.4, 0.5) is 0 Å². The van der Waals surface area contributed by atoms with Gasteiger partial charge in [0.05, 0.1) is 13.2 Å². The van der Waals surface area contributed by atoms with Crippen molar-refractivity contribution in [2.75, 3.05) is 6.61 Å². The van der Waals surface area contributed by atoms with Crippen molar-refractivity contribution in [2.45, 2.75) is 38.8 Å². The first-order chi connectivity index (χ1) is 16.5. The number of carbonyl (C=O) groups excluding carboxylic acids is 3. The van der Waals surface area contributed by atoms with Gasteiger partial charge in [0.25, 0.3) is 0 Å². The molecule has 0 radical (unpaired) electrons. The lowest BCUT2D eigenvalue weighted by atomic mass is 10.0. The van der Waals surface area contributed by atoms with E-state index in [0.717, 1.165) is 16.9 Å². The molecule has 0 aromatic heterocycles. The summed E-state index contributed by atoms with van der Waals surface area (Å²) in [4.78, 5) is 36.5. The number of ether oxygens (including phenoxy) is 2. The lowest BCUT2D eigenvalue weighted by Crippen LogP contribution is -2.44. The molecule has 0 saturated carbocycles. The highest BCUT2D eigenvalue weighted by molar-refractivity contribution is 5.91. The summed E-state index contributed by atoms with van der Waals surface area (Å²) in [7, 11) is 0. The normalized spacial score (nSPS) is 11.4. The standard InChI is InChI=1S/C28H29NO5/c1-21(30)12-17-28(32)29-26(20-33-19-23-8-4-2-5-9-23)27(31)18-22-13-15-25(16-14-22)34-24-10-6-3-7-11-24/h2-11,13-16,26H,12,17-20H2,1H3,(H,29,32). The number of Topliss-reactive ketones (excluding diaryl/α,β-unsaturated/α-hetero) is 2. The topological polar surface area (TPSA) is 81.7 Å². The Kier molecular flexibility index (Phi) is 9.55. The molecular weight excluding hydrogens is 430 g/mol. The van der Waals surface area contributed by atoms with E-state index in [4.69, 9.17) is 9.47 Å². The highest BCUT2D eigenvalue weighted by Crippen LogP contribution is 2.21. The predicted octanol–water partition coefficient (Wildman–Crippen LogP) is 4.66. The minimum absolute atomic E-state index is 0.0450. The second-order valence-electron chi connectivity index (χ2n) is 8.02. The van der Waals surface area contributed by atoms with Gasteiger partial charge >= 0.3 is 0 Å². The van der Waals surface area contributed by atoms with E-state index in [-0.39, 0.29) is 43.3 Å². The number of amides is 1. The van der Waals surface area contributed by atoms with Crippen LogP contribution in [0.2, 0.25) is 0 Å². The van der Waals surface area contributed by atoms with Gasteiger partial charge in [-0.2, -0.15) is 0 Å². The summed E-state index contributed by atoms with van der Waals surface area (Å²) in [6.45, 7) is 1.82. The second kappa shape index (κ2) is 13.1. The minimum Gasteiger partial charge on any atom is -0.457 e. The molecule has 34 heavy (non-hydrogen) atoms. The number of carbonyl (C=O) groups is 3. The average molecular weight is 460 g/mol. The molecule has 0 aliphatic carbocycles. The maximum Gasteiger partial charge on any atom is 0.221 e. The van der Waals surface area contributed by atoms with Crippen LogP contribution in [0.25, 0.3) is 0 Å². The molecule has 1 amide bonds. The molecule has 3 aromatic rings. The van der Waals surface area contributed by atoms with E-state index in [2.05, 4.69) is 5.32 Å². The fourth-order valence-electron chi connectivity index (χ4n) is 3.26. The molecule has 6 heteroatoms. The average Bonchev–Trinajstić information content (AvgIpc) is 2.84. The van der Waals surface area contributed by atoms with Gasteiger partial charge in [-0.15, -0.1) is 0 Å². The molecule has 1 atom stereocenters. The Bertz CT molecular complexity index is 1060. The largest absolute Gasteiger partial charge is 0.457 e. The highest BCUT2D eigenvalue weighted by atomic mass is 16.5. The molecule has 0 bridgehead atoms. The van der Waals surface area contributed by atoms with Crippen LogP contribution in [0.3, 0.4) is 0 Å². The molecule has 0 aliphatic rings. The van der Waals surface area contributed by atoms with Crippen LogP contribution in [0.5, 0.6) is 11.5 Å². The van der Waals surface area contributed by atoms with Crippen LogP contribution < -0.4 is 10.1 Å². The third kappa shape index (κ3) is 8.64. The van der Waals surface area contributed by atoms with Gasteiger partial charge in [0.15, 0.2) is 5.78 Å². The van der Waals surface area contributed by atoms with Crippen molar-refractivity contribution in [3.8, 4) is 11.5 Å². The van der Waals surface area contributed by atoms with E-state index < -0.39 is 6.04 Å². The summed E-state index contributed by atoms with van der Waals surface area (Å²) >= 11 is 0. The van der Waals surface area contributed by atoms with Crippen LogP contribution in [-0.4, -0.2) is 30.1 Å². The van der Waals surface area contributed by atoms with Crippen molar-refractivity contribution < 1.29 is 23.9 Å². The molecule has 0 fully saturated rings. The van der Waals surface area contributed by atoms with Crippen LogP contribution in [0.1, 0.15) is 30.9 Å². The van der Waals surface area contributed by atoms with E-state index in [1.165, 1.54) is 6.92 Å². The first-order valence-electron chi connectivity index (χ1n) is 11.2. The van der Waals surface area contributed by atoms with Crippen LogP contribution in [-0.2, 0) is 32.1 Å². The first kappa shape index (κ1) is 24.9.